The predicted octanol–water partition coefficient (Wildman–Crippen LogP) is 3.16. The second-order valence-electron chi connectivity index (χ2n) is 3.82. The Bertz CT molecular complexity index is 752. The van der Waals surface area contributed by atoms with Crippen LogP contribution < -0.4 is 11.2 Å². The zero-order valence-electron chi connectivity index (χ0n) is 9.84. The fourth-order valence-electron chi connectivity index (χ4n) is 1.71. The maximum Gasteiger partial charge on any atom is 0.334 e. The number of hydrogen-bond donors (Lipinski definition) is 1. The number of hydrogen-bond acceptors (Lipinski definition) is 2. The van der Waals surface area contributed by atoms with Gasteiger partial charge in [0.05, 0.1) is 16.3 Å². The number of aromatic nitrogens is 2. The molecule has 1 aromatic carbocycles. The van der Waals surface area contributed by atoms with E-state index < -0.39 is 11.2 Å². The van der Waals surface area contributed by atoms with Gasteiger partial charge in [-0.15, -0.1) is 0 Å². The summed E-state index contributed by atoms with van der Waals surface area (Å²) in [6.07, 6.45) is 0.429. The van der Waals surface area contributed by atoms with Gasteiger partial charge in [-0.05, 0) is 40.5 Å². The van der Waals surface area contributed by atoms with Gasteiger partial charge >= 0.3 is 5.69 Å². The Balaban J connectivity index is 2.79. The van der Waals surface area contributed by atoms with Crippen molar-refractivity contribution in [1.82, 2.24) is 9.55 Å². The summed E-state index contributed by atoms with van der Waals surface area (Å²) in [5.41, 5.74) is -0.272. The Kier molecular flexibility index (Phi) is 4.18. The smallest absolute Gasteiger partial charge is 0.297 e. The van der Waals surface area contributed by atoms with Gasteiger partial charge < -0.3 is 0 Å². The third-order valence-electron chi connectivity index (χ3n) is 2.66. The lowest BCUT2D eigenvalue weighted by Gasteiger charge is -2.08. The Morgan fingerprint density at radius 3 is 2.58 bits per heavy atom. The average Bonchev–Trinajstić information content (AvgIpc) is 2.33. The molecule has 19 heavy (non-hydrogen) atoms. The van der Waals surface area contributed by atoms with Crippen molar-refractivity contribution in [2.75, 3.05) is 0 Å². The van der Waals surface area contributed by atoms with Crippen LogP contribution in [0, 0.1) is 0 Å². The van der Waals surface area contributed by atoms with E-state index in [4.69, 9.17) is 23.2 Å². The molecule has 2 rings (SSSR count). The van der Waals surface area contributed by atoms with Crippen molar-refractivity contribution < 1.29 is 0 Å². The molecular formula is C12H9BrCl2N2O2. The van der Waals surface area contributed by atoms with E-state index in [0.29, 0.717) is 27.2 Å². The van der Waals surface area contributed by atoms with E-state index in [0.717, 1.165) is 4.57 Å². The van der Waals surface area contributed by atoms with Gasteiger partial charge in [-0.1, -0.05) is 30.1 Å². The SMILES string of the molecule is CCc1c(Cl)[nH]c(=O)n(-c2ccc(Br)c(Cl)c2)c1=O. The molecule has 100 valence electrons. The topological polar surface area (TPSA) is 54.9 Å². The fourth-order valence-corrected chi connectivity index (χ4v) is 2.43. The number of H-pyrrole nitrogens is 1. The highest BCUT2D eigenvalue weighted by atomic mass is 79.9. The predicted molar refractivity (Wildman–Crippen MR) is 79.8 cm³/mol. The molecule has 0 unspecified atom stereocenters. The molecule has 0 aliphatic heterocycles. The molecule has 0 bridgehead atoms. The summed E-state index contributed by atoms with van der Waals surface area (Å²) in [6.45, 7) is 1.79. The first-order valence-corrected chi connectivity index (χ1v) is 6.99. The number of aromatic amines is 1. The average molecular weight is 364 g/mol. The summed E-state index contributed by atoms with van der Waals surface area (Å²) in [7, 11) is 0. The van der Waals surface area contributed by atoms with E-state index in [1.54, 1.807) is 19.1 Å². The van der Waals surface area contributed by atoms with Crippen LogP contribution in [0.15, 0.2) is 32.3 Å². The molecule has 0 aliphatic carbocycles. The highest BCUT2D eigenvalue weighted by Crippen LogP contribution is 2.24. The standard InChI is InChI=1S/C12H9BrCl2N2O2/c1-2-7-10(15)16-12(19)17(11(7)18)6-3-4-8(13)9(14)5-6/h3-5H,2H2,1H3,(H,16,19). The molecule has 4 nitrogen and oxygen atoms in total. The van der Waals surface area contributed by atoms with E-state index in [9.17, 15) is 9.59 Å². The zero-order valence-corrected chi connectivity index (χ0v) is 12.9. The second-order valence-corrected chi connectivity index (χ2v) is 5.45. The molecule has 7 heteroatoms. The molecule has 0 spiro atoms. The van der Waals surface area contributed by atoms with E-state index in [-0.39, 0.29) is 5.15 Å². The monoisotopic (exact) mass is 362 g/mol. The third-order valence-corrected chi connectivity index (χ3v) is 4.22. The minimum Gasteiger partial charge on any atom is -0.297 e. The van der Waals surface area contributed by atoms with Crippen LogP contribution in [0.3, 0.4) is 0 Å². The molecule has 0 aliphatic rings. The number of nitrogens with zero attached hydrogens (tertiary/aromatic N) is 1. The molecule has 1 N–H and O–H groups in total. The first-order chi connectivity index (χ1) is 8.95. The minimum atomic E-state index is -0.592. The van der Waals surface area contributed by atoms with Crippen molar-refractivity contribution in [3.8, 4) is 5.69 Å². The van der Waals surface area contributed by atoms with Gasteiger partial charge in [-0.3, -0.25) is 9.78 Å². The van der Waals surface area contributed by atoms with Gasteiger partial charge in [0.2, 0.25) is 0 Å². The van der Waals surface area contributed by atoms with Crippen LogP contribution in [-0.2, 0) is 6.42 Å². The van der Waals surface area contributed by atoms with Crippen molar-refractivity contribution in [3.05, 3.63) is 59.2 Å². The fraction of sp³-hybridized carbons (Fsp3) is 0.167. The maximum absolute atomic E-state index is 12.2. The molecule has 1 aromatic heterocycles. The van der Waals surface area contributed by atoms with Gasteiger partial charge in [0.15, 0.2) is 0 Å². The normalized spacial score (nSPS) is 10.7. The van der Waals surface area contributed by atoms with E-state index >= 15 is 0 Å². The van der Waals surface area contributed by atoms with Crippen molar-refractivity contribution in [2.24, 2.45) is 0 Å². The summed E-state index contributed by atoms with van der Waals surface area (Å²) in [5.74, 6) is 0. The second kappa shape index (κ2) is 5.53. The first-order valence-electron chi connectivity index (χ1n) is 5.44. The highest BCUT2D eigenvalue weighted by Gasteiger charge is 2.13. The van der Waals surface area contributed by atoms with Crippen LogP contribution >= 0.6 is 39.1 Å². The molecule has 0 saturated heterocycles. The molecule has 0 fully saturated rings. The molecule has 0 atom stereocenters. The highest BCUT2D eigenvalue weighted by molar-refractivity contribution is 9.10. The van der Waals surface area contributed by atoms with Crippen molar-refractivity contribution >= 4 is 39.1 Å². The quantitative estimate of drug-likeness (QED) is 0.833. The number of rotatable bonds is 2. The molecule has 2 aromatic rings. The Hall–Kier alpha value is -1.04. The molecule has 1 heterocycles. The van der Waals surface area contributed by atoms with Gasteiger partial charge in [0, 0.05) is 4.47 Å². The summed E-state index contributed by atoms with van der Waals surface area (Å²) < 4.78 is 1.70. The Morgan fingerprint density at radius 2 is 2.00 bits per heavy atom. The summed E-state index contributed by atoms with van der Waals surface area (Å²) in [4.78, 5) is 26.6. The van der Waals surface area contributed by atoms with E-state index in [1.165, 1.54) is 6.07 Å². The molecule has 0 radical (unpaired) electrons. The van der Waals surface area contributed by atoms with Crippen LogP contribution in [0.2, 0.25) is 10.2 Å². The summed E-state index contributed by atoms with van der Waals surface area (Å²) in [5, 5.41) is 0.494. The Labute approximate surface area is 127 Å². The van der Waals surface area contributed by atoms with E-state index in [2.05, 4.69) is 20.9 Å². The van der Waals surface area contributed by atoms with Gasteiger partial charge in [0.25, 0.3) is 5.56 Å². The summed E-state index contributed by atoms with van der Waals surface area (Å²) >= 11 is 15.1. The number of benzene rings is 1. The third kappa shape index (κ3) is 2.63. The lowest BCUT2D eigenvalue weighted by molar-refractivity contribution is 0.842. The van der Waals surface area contributed by atoms with Crippen molar-refractivity contribution in [1.29, 1.82) is 0 Å². The first kappa shape index (κ1) is 14.4. The molecule has 0 amide bonds. The van der Waals surface area contributed by atoms with Gasteiger partial charge in [-0.25, -0.2) is 9.36 Å². The van der Waals surface area contributed by atoms with Crippen LogP contribution in [0.25, 0.3) is 5.69 Å². The van der Waals surface area contributed by atoms with Gasteiger partial charge in [-0.2, -0.15) is 0 Å². The maximum atomic E-state index is 12.2. The van der Waals surface area contributed by atoms with Gasteiger partial charge in [0.1, 0.15) is 5.15 Å². The van der Waals surface area contributed by atoms with Crippen LogP contribution in [0.4, 0.5) is 0 Å². The minimum absolute atomic E-state index is 0.0805. The molecular weight excluding hydrogens is 355 g/mol. The largest absolute Gasteiger partial charge is 0.334 e. The van der Waals surface area contributed by atoms with Crippen LogP contribution in [0.1, 0.15) is 12.5 Å². The lowest BCUT2D eigenvalue weighted by Crippen LogP contribution is -2.36. The number of nitrogens with one attached hydrogen (secondary N) is 1. The molecule has 0 saturated carbocycles. The lowest BCUT2D eigenvalue weighted by atomic mass is 10.2. The Morgan fingerprint density at radius 1 is 1.32 bits per heavy atom. The zero-order chi connectivity index (χ0) is 14.2. The summed E-state index contributed by atoms with van der Waals surface area (Å²) in [6, 6.07) is 4.83. The van der Waals surface area contributed by atoms with Crippen LogP contribution in [0.5, 0.6) is 0 Å². The van der Waals surface area contributed by atoms with E-state index in [1.807, 2.05) is 0 Å². The van der Waals surface area contributed by atoms with Crippen molar-refractivity contribution in [3.63, 3.8) is 0 Å². The van der Waals surface area contributed by atoms with Crippen LogP contribution in [-0.4, -0.2) is 9.55 Å². The van der Waals surface area contributed by atoms with Crippen molar-refractivity contribution in [2.45, 2.75) is 13.3 Å². The number of halogens is 3.